The summed E-state index contributed by atoms with van der Waals surface area (Å²) in [6.45, 7) is 2.68. The van der Waals surface area contributed by atoms with Crippen molar-refractivity contribution in [2.75, 3.05) is 20.8 Å². The lowest BCUT2D eigenvalue weighted by molar-refractivity contribution is -0.121. The summed E-state index contributed by atoms with van der Waals surface area (Å²) in [7, 11) is 3.21. The van der Waals surface area contributed by atoms with Crippen LogP contribution in [0.2, 0.25) is 0 Å². The highest BCUT2D eigenvalue weighted by atomic mass is 16.5. The van der Waals surface area contributed by atoms with E-state index in [1.165, 1.54) is 0 Å². The smallest absolute Gasteiger partial charge is 0.249 e. The van der Waals surface area contributed by atoms with Crippen molar-refractivity contribution >= 4 is 16.8 Å². The van der Waals surface area contributed by atoms with Crippen molar-refractivity contribution in [3.8, 4) is 23.0 Å². The van der Waals surface area contributed by atoms with E-state index in [0.717, 1.165) is 22.0 Å². The van der Waals surface area contributed by atoms with Gasteiger partial charge in [0.2, 0.25) is 17.7 Å². The molecule has 166 valence electrons. The number of hydrogen-bond acceptors (Lipinski definition) is 6. The van der Waals surface area contributed by atoms with Gasteiger partial charge in [-0.15, -0.1) is 10.2 Å². The average molecular weight is 434 g/mol. The van der Waals surface area contributed by atoms with Crippen LogP contribution in [0.3, 0.4) is 0 Å². The quantitative estimate of drug-likeness (QED) is 0.433. The number of rotatable bonds is 9. The number of aromatic nitrogens is 3. The molecule has 4 aromatic rings. The van der Waals surface area contributed by atoms with E-state index in [1.807, 2.05) is 60.2 Å². The van der Waals surface area contributed by atoms with Crippen molar-refractivity contribution in [1.29, 1.82) is 0 Å². The summed E-state index contributed by atoms with van der Waals surface area (Å²) in [5.74, 6) is 2.34. The summed E-state index contributed by atoms with van der Waals surface area (Å²) in [6.07, 6.45) is 3.26. The van der Waals surface area contributed by atoms with Crippen LogP contribution in [0.5, 0.6) is 11.5 Å². The van der Waals surface area contributed by atoms with Gasteiger partial charge >= 0.3 is 0 Å². The van der Waals surface area contributed by atoms with E-state index in [9.17, 15) is 4.79 Å². The Balaban J connectivity index is 1.44. The maximum absolute atomic E-state index is 12.6. The Morgan fingerprint density at radius 2 is 1.91 bits per heavy atom. The topological polar surface area (TPSA) is 91.4 Å². The van der Waals surface area contributed by atoms with E-state index in [0.29, 0.717) is 42.7 Å². The number of ether oxygens (including phenoxy) is 2. The minimum absolute atomic E-state index is 0.0717. The second-order valence-electron chi connectivity index (χ2n) is 7.33. The van der Waals surface area contributed by atoms with E-state index in [2.05, 4.69) is 15.5 Å². The van der Waals surface area contributed by atoms with Crippen LogP contribution < -0.4 is 14.8 Å². The molecule has 0 saturated heterocycles. The van der Waals surface area contributed by atoms with Gasteiger partial charge < -0.3 is 23.8 Å². The van der Waals surface area contributed by atoms with Gasteiger partial charge in [-0.3, -0.25) is 4.79 Å². The lowest BCUT2D eigenvalue weighted by atomic mass is 10.1. The first kappa shape index (κ1) is 21.4. The molecule has 4 rings (SSSR count). The fourth-order valence-electron chi connectivity index (χ4n) is 3.65. The number of amides is 1. The molecule has 8 nitrogen and oxygen atoms in total. The Hall–Kier alpha value is -3.81. The third kappa shape index (κ3) is 4.44. The predicted molar refractivity (Wildman–Crippen MR) is 121 cm³/mol. The summed E-state index contributed by atoms with van der Waals surface area (Å²) in [5, 5.41) is 12.2. The zero-order chi connectivity index (χ0) is 22.5. The molecule has 2 heterocycles. The van der Waals surface area contributed by atoms with Crippen LogP contribution in [0.15, 0.2) is 53.1 Å². The number of benzene rings is 2. The number of carbonyl (C=O) groups excluding carboxylic acids is 1. The highest BCUT2D eigenvalue weighted by Crippen LogP contribution is 2.30. The minimum Gasteiger partial charge on any atom is -0.493 e. The Morgan fingerprint density at radius 1 is 1.09 bits per heavy atom. The predicted octanol–water partition coefficient (Wildman–Crippen LogP) is 3.63. The molecule has 2 aromatic heterocycles. The van der Waals surface area contributed by atoms with Gasteiger partial charge in [0.15, 0.2) is 11.5 Å². The molecule has 0 atom stereocenters. The average Bonchev–Trinajstić information content (AvgIpc) is 3.44. The van der Waals surface area contributed by atoms with Crippen LogP contribution in [-0.2, 0) is 24.2 Å². The van der Waals surface area contributed by atoms with Gasteiger partial charge in [0.25, 0.3) is 0 Å². The van der Waals surface area contributed by atoms with Crippen LogP contribution in [0.4, 0.5) is 0 Å². The summed E-state index contributed by atoms with van der Waals surface area (Å²) in [5.41, 5.74) is 2.82. The number of nitrogens with one attached hydrogen (secondary N) is 1. The van der Waals surface area contributed by atoms with Gasteiger partial charge in [-0.05, 0) is 30.2 Å². The number of carbonyl (C=O) groups is 1. The molecule has 0 saturated carbocycles. The van der Waals surface area contributed by atoms with E-state index < -0.39 is 0 Å². The fourth-order valence-corrected chi connectivity index (χ4v) is 3.65. The first-order valence-electron chi connectivity index (χ1n) is 10.5. The number of nitrogens with zero attached hydrogens (tertiary/aromatic N) is 3. The molecule has 32 heavy (non-hydrogen) atoms. The second-order valence-corrected chi connectivity index (χ2v) is 7.33. The molecule has 2 aromatic carbocycles. The first-order chi connectivity index (χ1) is 15.6. The molecule has 0 bridgehead atoms. The third-order valence-corrected chi connectivity index (χ3v) is 5.29. The molecule has 8 heteroatoms. The van der Waals surface area contributed by atoms with Gasteiger partial charge in [0.1, 0.15) is 6.54 Å². The molecule has 0 spiro atoms. The van der Waals surface area contributed by atoms with Gasteiger partial charge in [-0.2, -0.15) is 0 Å². The third-order valence-electron chi connectivity index (χ3n) is 5.29. The van der Waals surface area contributed by atoms with E-state index >= 15 is 0 Å². The monoisotopic (exact) mass is 434 g/mol. The molecule has 0 unspecified atom stereocenters. The Morgan fingerprint density at radius 3 is 2.66 bits per heavy atom. The summed E-state index contributed by atoms with van der Waals surface area (Å²) in [6, 6.07) is 13.6. The van der Waals surface area contributed by atoms with Crippen molar-refractivity contribution < 1.29 is 18.7 Å². The molecule has 1 N–H and O–H groups in total. The normalized spacial score (nSPS) is 11.0. The first-order valence-corrected chi connectivity index (χ1v) is 10.5. The summed E-state index contributed by atoms with van der Waals surface area (Å²) in [4.78, 5) is 12.6. The van der Waals surface area contributed by atoms with E-state index in [1.54, 1.807) is 14.2 Å². The van der Waals surface area contributed by atoms with Crippen molar-refractivity contribution in [3.05, 3.63) is 60.1 Å². The zero-order valence-corrected chi connectivity index (χ0v) is 18.4. The van der Waals surface area contributed by atoms with Gasteiger partial charge in [0, 0.05) is 30.1 Å². The molecule has 0 aliphatic heterocycles. The fraction of sp³-hybridized carbons (Fsp3) is 0.292. The molecular weight excluding hydrogens is 408 g/mol. The molecule has 1 amide bonds. The van der Waals surface area contributed by atoms with Crippen molar-refractivity contribution in [3.63, 3.8) is 0 Å². The van der Waals surface area contributed by atoms with Gasteiger partial charge in [-0.1, -0.05) is 31.2 Å². The van der Waals surface area contributed by atoms with E-state index in [-0.39, 0.29) is 12.5 Å². The van der Waals surface area contributed by atoms with Crippen molar-refractivity contribution in [2.24, 2.45) is 0 Å². The summed E-state index contributed by atoms with van der Waals surface area (Å²) < 4.78 is 18.3. The Labute approximate surface area is 186 Å². The van der Waals surface area contributed by atoms with Gasteiger partial charge in [0.05, 0.1) is 19.8 Å². The molecule has 0 fully saturated rings. The molecule has 0 aliphatic rings. The van der Waals surface area contributed by atoms with Crippen LogP contribution in [-0.4, -0.2) is 41.4 Å². The Kier molecular flexibility index (Phi) is 6.39. The van der Waals surface area contributed by atoms with Crippen LogP contribution >= 0.6 is 0 Å². The second kappa shape index (κ2) is 9.55. The van der Waals surface area contributed by atoms with Crippen molar-refractivity contribution in [1.82, 2.24) is 20.1 Å². The van der Waals surface area contributed by atoms with Crippen molar-refractivity contribution in [2.45, 2.75) is 26.3 Å². The number of aryl methyl sites for hydroxylation is 1. The number of hydrogen-bond donors (Lipinski definition) is 1. The highest BCUT2D eigenvalue weighted by Gasteiger charge is 2.16. The number of methoxy groups -OCH3 is 2. The lowest BCUT2D eigenvalue weighted by Gasteiger charge is -2.10. The highest BCUT2D eigenvalue weighted by molar-refractivity contribution is 5.94. The number of para-hydroxylation sites is 1. The zero-order valence-electron chi connectivity index (χ0n) is 18.4. The number of fused-ring (bicyclic) bond motifs is 1. The summed E-state index contributed by atoms with van der Waals surface area (Å²) >= 11 is 0. The SMILES string of the molecule is CCc1nnc(-c2cn(CC(=O)NCCc3ccc(OC)c(OC)c3)c3ccccc23)o1. The van der Waals surface area contributed by atoms with Crippen LogP contribution in [0.25, 0.3) is 22.4 Å². The molecule has 0 radical (unpaired) electrons. The molecule has 0 aliphatic carbocycles. The molecular formula is C24H26N4O4. The van der Waals surface area contributed by atoms with Gasteiger partial charge in [-0.25, -0.2) is 0 Å². The minimum atomic E-state index is -0.0717. The lowest BCUT2D eigenvalue weighted by Crippen LogP contribution is -2.29. The standard InChI is InChI=1S/C24H26N4O4/c1-4-23-26-27-24(32-23)18-14-28(19-8-6-5-7-17(18)19)15-22(29)25-12-11-16-9-10-20(30-2)21(13-16)31-3/h5-10,13-14H,4,11-12,15H2,1-3H3,(H,25,29). The maximum atomic E-state index is 12.6. The maximum Gasteiger partial charge on any atom is 0.249 e. The van der Waals surface area contributed by atoms with E-state index in [4.69, 9.17) is 13.9 Å². The van der Waals surface area contributed by atoms with Crippen LogP contribution in [0, 0.1) is 0 Å². The Bertz CT molecular complexity index is 1230. The van der Waals surface area contributed by atoms with Crippen LogP contribution in [0.1, 0.15) is 18.4 Å². The largest absolute Gasteiger partial charge is 0.493 e.